The summed E-state index contributed by atoms with van der Waals surface area (Å²) in [5, 5.41) is 5.04. The second-order valence-electron chi connectivity index (χ2n) is 6.55. The molecule has 0 spiro atoms. The van der Waals surface area contributed by atoms with E-state index in [1.807, 2.05) is 11.3 Å². The first-order chi connectivity index (χ1) is 11.4. The average molecular weight is 321 g/mol. The summed E-state index contributed by atoms with van der Waals surface area (Å²) in [6, 6.07) is 9.20. The minimum Gasteiger partial charge on any atom is -0.363 e. The van der Waals surface area contributed by atoms with Crippen LogP contribution in [-0.2, 0) is 19.3 Å². The van der Waals surface area contributed by atoms with Gasteiger partial charge in [-0.15, -0.1) is 11.3 Å². The lowest BCUT2D eigenvalue weighted by Gasteiger charge is -2.27. The standard InChI is InChI=1S/C19H19N3S/c1-2-7-13-12(5-1)6-3-9-15(13)22-18-17-14-8-4-10-16(14)23-19(17)21-11-20-18/h1-2,5,7,11,15H,3-4,6,8-10H2,(H,20,21,22)/t15-/m0/s1. The molecule has 23 heavy (non-hydrogen) atoms. The van der Waals surface area contributed by atoms with Crippen LogP contribution in [0.5, 0.6) is 0 Å². The van der Waals surface area contributed by atoms with Crippen LogP contribution in [0, 0.1) is 0 Å². The van der Waals surface area contributed by atoms with Gasteiger partial charge in [0.25, 0.3) is 0 Å². The Morgan fingerprint density at radius 1 is 1.04 bits per heavy atom. The predicted molar refractivity (Wildman–Crippen MR) is 95.2 cm³/mol. The molecule has 2 heterocycles. The van der Waals surface area contributed by atoms with E-state index in [1.54, 1.807) is 6.33 Å². The summed E-state index contributed by atoms with van der Waals surface area (Å²) in [6.45, 7) is 0. The molecular formula is C19H19N3S. The van der Waals surface area contributed by atoms with E-state index in [-0.39, 0.29) is 0 Å². The summed E-state index contributed by atoms with van der Waals surface area (Å²) in [6.07, 6.45) is 8.99. The van der Waals surface area contributed by atoms with Gasteiger partial charge in [-0.25, -0.2) is 9.97 Å². The first-order valence-corrected chi connectivity index (χ1v) is 9.31. The Hall–Kier alpha value is -1.94. The van der Waals surface area contributed by atoms with Crippen molar-refractivity contribution in [2.24, 2.45) is 0 Å². The molecule has 1 N–H and O–H groups in total. The van der Waals surface area contributed by atoms with Crippen molar-refractivity contribution in [3.63, 3.8) is 0 Å². The van der Waals surface area contributed by atoms with Crippen molar-refractivity contribution >= 4 is 27.4 Å². The monoisotopic (exact) mass is 321 g/mol. The highest BCUT2D eigenvalue weighted by molar-refractivity contribution is 7.19. The molecule has 0 bridgehead atoms. The minimum atomic E-state index is 0.370. The lowest BCUT2D eigenvalue weighted by atomic mass is 9.87. The van der Waals surface area contributed by atoms with Gasteiger partial charge in [0.1, 0.15) is 17.0 Å². The Labute approximate surface area is 139 Å². The number of nitrogens with one attached hydrogen (secondary N) is 1. The summed E-state index contributed by atoms with van der Waals surface area (Å²) < 4.78 is 0. The molecule has 0 aliphatic heterocycles. The van der Waals surface area contributed by atoms with Crippen LogP contribution in [0.25, 0.3) is 10.2 Å². The Morgan fingerprint density at radius 3 is 3.00 bits per heavy atom. The molecule has 0 amide bonds. The van der Waals surface area contributed by atoms with Gasteiger partial charge in [-0.2, -0.15) is 0 Å². The fourth-order valence-electron chi connectivity index (χ4n) is 4.11. The third-order valence-corrected chi connectivity index (χ3v) is 6.38. The molecule has 1 aromatic carbocycles. The van der Waals surface area contributed by atoms with Crippen LogP contribution in [0.2, 0.25) is 0 Å². The van der Waals surface area contributed by atoms with Gasteiger partial charge in [0.2, 0.25) is 0 Å². The molecular weight excluding hydrogens is 302 g/mol. The highest BCUT2D eigenvalue weighted by atomic mass is 32.1. The third-order valence-electron chi connectivity index (χ3n) is 5.18. The molecule has 116 valence electrons. The largest absolute Gasteiger partial charge is 0.363 e. The van der Waals surface area contributed by atoms with Gasteiger partial charge in [0, 0.05) is 4.88 Å². The van der Waals surface area contributed by atoms with E-state index in [0.717, 1.165) is 10.6 Å². The van der Waals surface area contributed by atoms with E-state index < -0.39 is 0 Å². The number of benzene rings is 1. The van der Waals surface area contributed by atoms with Gasteiger partial charge in [0.15, 0.2) is 0 Å². The van der Waals surface area contributed by atoms with Gasteiger partial charge >= 0.3 is 0 Å². The molecule has 0 saturated carbocycles. The zero-order chi connectivity index (χ0) is 15.2. The van der Waals surface area contributed by atoms with Crippen LogP contribution in [0.3, 0.4) is 0 Å². The molecule has 0 unspecified atom stereocenters. The normalized spacial score (nSPS) is 19.6. The number of hydrogen-bond acceptors (Lipinski definition) is 4. The van der Waals surface area contributed by atoms with E-state index in [0.29, 0.717) is 6.04 Å². The quantitative estimate of drug-likeness (QED) is 0.745. The summed E-state index contributed by atoms with van der Waals surface area (Å²) in [5.74, 6) is 1.04. The topological polar surface area (TPSA) is 37.8 Å². The van der Waals surface area contributed by atoms with Crippen LogP contribution in [-0.4, -0.2) is 9.97 Å². The molecule has 2 aromatic heterocycles. The second kappa shape index (κ2) is 5.31. The maximum atomic E-state index is 4.61. The Kier molecular flexibility index (Phi) is 3.11. The van der Waals surface area contributed by atoms with E-state index in [1.165, 1.54) is 65.5 Å². The van der Waals surface area contributed by atoms with Crippen molar-refractivity contribution in [2.75, 3.05) is 5.32 Å². The highest BCUT2D eigenvalue weighted by Gasteiger charge is 2.24. The fraction of sp³-hybridized carbons (Fsp3) is 0.368. The number of aryl methyl sites for hydroxylation is 3. The third kappa shape index (κ3) is 2.16. The average Bonchev–Trinajstić information content (AvgIpc) is 3.16. The predicted octanol–water partition coefficient (Wildman–Crippen LogP) is 4.67. The maximum absolute atomic E-state index is 4.61. The number of nitrogens with zero attached hydrogens (tertiary/aromatic N) is 2. The summed E-state index contributed by atoms with van der Waals surface area (Å²) in [7, 11) is 0. The fourth-order valence-corrected chi connectivity index (χ4v) is 5.34. The molecule has 3 nitrogen and oxygen atoms in total. The van der Waals surface area contributed by atoms with Crippen molar-refractivity contribution in [1.29, 1.82) is 0 Å². The van der Waals surface area contributed by atoms with E-state index >= 15 is 0 Å². The van der Waals surface area contributed by atoms with Crippen molar-refractivity contribution < 1.29 is 0 Å². The molecule has 2 aliphatic rings. The second-order valence-corrected chi connectivity index (χ2v) is 7.63. The van der Waals surface area contributed by atoms with Gasteiger partial charge in [0.05, 0.1) is 11.4 Å². The lowest BCUT2D eigenvalue weighted by Crippen LogP contribution is -2.18. The number of rotatable bonds is 2. The van der Waals surface area contributed by atoms with Gasteiger partial charge in [-0.3, -0.25) is 0 Å². The molecule has 3 aromatic rings. The highest BCUT2D eigenvalue weighted by Crippen LogP contribution is 2.41. The molecule has 1 atom stereocenters. The summed E-state index contributed by atoms with van der Waals surface area (Å²) in [5.41, 5.74) is 4.42. The number of fused-ring (bicyclic) bond motifs is 4. The number of anilines is 1. The molecule has 0 fully saturated rings. The number of aromatic nitrogens is 2. The van der Waals surface area contributed by atoms with Crippen molar-refractivity contribution in [2.45, 2.75) is 44.6 Å². The van der Waals surface area contributed by atoms with Crippen LogP contribution in [0.4, 0.5) is 5.82 Å². The molecule has 0 radical (unpaired) electrons. The number of hydrogen-bond donors (Lipinski definition) is 1. The molecule has 0 saturated heterocycles. The van der Waals surface area contributed by atoms with Crippen molar-refractivity contribution in [1.82, 2.24) is 9.97 Å². The van der Waals surface area contributed by atoms with Crippen LogP contribution in [0.15, 0.2) is 30.6 Å². The van der Waals surface area contributed by atoms with E-state index in [4.69, 9.17) is 0 Å². The van der Waals surface area contributed by atoms with Gasteiger partial charge in [-0.05, 0) is 55.2 Å². The Morgan fingerprint density at radius 2 is 2.00 bits per heavy atom. The number of thiophene rings is 1. The Bertz CT molecular complexity index is 883. The summed E-state index contributed by atoms with van der Waals surface area (Å²) >= 11 is 1.86. The molecule has 2 aliphatic carbocycles. The summed E-state index contributed by atoms with van der Waals surface area (Å²) in [4.78, 5) is 11.8. The van der Waals surface area contributed by atoms with Crippen molar-refractivity contribution in [3.05, 3.63) is 52.2 Å². The van der Waals surface area contributed by atoms with E-state index in [9.17, 15) is 0 Å². The van der Waals surface area contributed by atoms with Crippen LogP contribution >= 0.6 is 11.3 Å². The minimum absolute atomic E-state index is 0.370. The smallest absolute Gasteiger partial charge is 0.138 e. The van der Waals surface area contributed by atoms with Crippen molar-refractivity contribution in [3.8, 4) is 0 Å². The van der Waals surface area contributed by atoms with E-state index in [2.05, 4.69) is 39.6 Å². The zero-order valence-electron chi connectivity index (χ0n) is 13.0. The van der Waals surface area contributed by atoms with Crippen LogP contribution < -0.4 is 5.32 Å². The van der Waals surface area contributed by atoms with Gasteiger partial charge in [-0.1, -0.05) is 24.3 Å². The van der Waals surface area contributed by atoms with Gasteiger partial charge < -0.3 is 5.32 Å². The maximum Gasteiger partial charge on any atom is 0.138 e. The lowest BCUT2D eigenvalue weighted by molar-refractivity contribution is 0.599. The Balaban J connectivity index is 1.58. The zero-order valence-corrected chi connectivity index (χ0v) is 13.8. The first-order valence-electron chi connectivity index (χ1n) is 8.50. The molecule has 5 rings (SSSR count). The molecule has 4 heteroatoms. The first kappa shape index (κ1) is 13.5. The van der Waals surface area contributed by atoms with Crippen LogP contribution in [0.1, 0.15) is 46.9 Å². The SMILES string of the molecule is c1ccc2c(c1)CCC[C@@H]2Nc1ncnc2sc3c(c12)CCC3.